The van der Waals surface area contributed by atoms with Crippen molar-refractivity contribution in [3.63, 3.8) is 0 Å². The van der Waals surface area contributed by atoms with Crippen molar-refractivity contribution in [3.05, 3.63) is 65.7 Å². The zero-order chi connectivity index (χ0) is 19.9. The van der Waals surface area contributed by atoms with E-state index in [2.05, 4.69) is 5.32 Å². The Balaban J connectivity index is 2.17. The van der Waals surface area contributed by atoms with Gasteiger partial charge in [0, 0.05) is 0 Å². The number of ether oxygens (including phenoxy) is 2. The molecule has 2 rings (SSSR count). The molecule has 0 heterocycles. The molecular formula is C19H21NO6S. The fourth-order valence-corrected chi connectivity index (χ4v) is 3.58. The molecule has 0 bridgehead atoms. The van der Waals surface area contributed by atoms with Crippen molar-refractivity contribution >= 4 is 21.9 Å². The van der Waals surface area contributed by atoms with Crippen LogP contribution in [0, 0.1) is 6.92 Å². The van der Waals surface area contributed by atoms with E-state index in [0.29, 0.717) is 0 Å². The number of alkyl carbamates (subject to hydrolysis) is 1. The van der Waals surface area contributed by atoms with Crippen LogP contribution in [-0.2, 0) is 30.7 Å². The van der Waals surface area contributed by atoms with E-state index in [9.17, 15) is 18.0 Å². The zero-order valence-electron chi connectivity index (χ0n) is 15.0. The first kappa shape index (κ1) is 20.4. The highest BCUT2D eigenvalue weighted by Crippen LogP contribution is 2.17. The van der Waals surface area contributed by atoms with Gasteiger partial charge in [-0.25, -0.2) is 18.0 Å². The van der Waals surface area contributed by atoms with Crippen LogP contribution in [0.5, 0.6) is 0 Å². The Kier molecular flexibility index (Phi) is 6.95. The predicted octanol–water partition coefficient (Wildman–Crippen LogP) is 2.58. The van der Waals surface area contributed by atoms with E-state index in [1.165, 1.54) is 12.1 Å². The van der Waals surface area contributed by atoms with Gasteiger partial charge >= 0.3 is 12.1 Å². The van der Waals surface area contributed by atoms with E-state index in [0.717, 1.165) is 11.1 Å². The van der Waals surface area contributed by atoms with Gasteiger partial charge < -0.3 is 9.47 Å². The van der Waals surface area contributed by atoms with E-state index in [-0.39, 0.29) is 18.1 Å². The lowest BCUT2D eigenvalue weighted by Gasteiger charge is -2.18. The van der Waals surface area contributed by atoms with Crippen molar-refractivity contribution in [1.82, 2.24) is 5.32 Å². The predicted molar refractivity (Wildman–Crippen MR) is 98.5 cm³/mol. The third-order valence-electron chi connectivity index (χ3n) is 3.62. The molecule has 0 aliphatic carbocycles. The van der Waals surface area contributed by atoms with Crippen LogP contribution in [0.2, 0.25) is 0 Å². The van der Waals surface area contributed by atoms with E-state index in [4.69, 9.17) is 9.47 Å². The Morgan fingerprint density at radius 1 is 1.00 bits per heavy atom. The molecule has 0 fully saturated rings. The number of amides is 1. The standard InChI is InChI=1S/C19H21NO6S/c1-3-25-18(21)17(27(23,24)16-11-9-14(2)10-12-16)20-19(22)26-13-15-7-5-4-6-8-15/h4-12,17H,3,13H2,1-2H3,(H,20,22). The SMILES string of the molecule is CCOC(=O)C(NC(=O)OCc1ccccc1)S(=O)(=O)c1ccc(C)cc1. The fourth-order valence-electron chi connectivity index (χ4n) is 2.22. The lowest BCUT2D eigenvalue weighted by Crippen LogP contribution is -2.47. The van der Waals surface area contributed by atoms with Gasteiger partial charge in [-0.2, -0.15) is 0 Å². The van der Waals surface area contributed by atoms with E-state index < -0.39 is 27.3 Å². The summed E-state index contributed by atoms with van der Waals surface area (Å²) in [7, 11) is -4.20. The average molecular weight is 391 g/mol. The molecule has 0 aliphatic heterocycles. The molecule has 0 saturated carbocycles. The minimum Gasteiger partial charge on any atom is -0.464 e. The average Bonchev–Trinajstić information content (AvgIpc) is 2.65. The number of rotatable bonds is 7. The van der Waals surface area contributed by atoms with Gasteiger partial charge in [0.05, 0.1) is 11.5 Å². The van der Waals surface area contributed by atoms with Crippen LogP contribution < -0.4 is 5.32 Å². The molecular weight excluding hydrogens is 370 g/mol. The summed E-state index contributed by atoms with van der Waals surface area (Å²) in [6, 6.07) is 14.8. The van der Waals surface area contributed by atoms with E-state index in [1.807, 2.05) is 6.07 Å². The maximum absolute atomic E-state index is 12.8. The van der Waals surface area contributed by atoms with Gasteiger partial charge in [0.1, 0.15) is 6.61 Å². The van der Waals surface area contributed by atoms with Gasteiger partial charge in [-0.1, -0.05) is 48.0 Å². The third kappa shape index (κ3) is 5.55. The normalized spacial score (nSPS) is 12.1. The first-order valence-electron chi connectivity index (χ1n) is 8.29. The molecule has 0 aliphatic rings. The molecule has 0 spiro atoms. The molecule has 7 nitrogen and oxygen atoms in total. The van der Waals surface area contributed by atoms with E-state index in [1.54, 1.807) is 50.2 Å². The maximum Gasteiger partial charge on any atom is 0.408 e. The number of benzene rings is 2. The highest BCUT2D eigenvalue weighted by molar-refractivity contribution is 7.92. The number of sulfone groups is 1. The molecule has 0 aromatic heterocycles. The molecule has 2 aromatic carbocycles. The molecule has 0 radical (unpaired) electrons. The zero-order valence-corrected chi connectivity index (χ0v) is 15.9. The first-order valence-corrected chi connectivity index (χ1v) is 9.83. The number of nitrogens with one attached hydrogen (secondary N) is 1. The number of esters is 1. The van der Waals surface area contributed by atoms with Crippen molar-refractivity contribution < 1.29 is 27.5 Å². The lowest BCUT2D eigenvalue weighted by atomic mass is 10.2. The second-order valence-corrected chi connectivity index (χ2v) is 7.73. The summed E-state index contributed by atoms with van der Waals surface area (Å²) >= 11 is 0. The second-order valence-electron chi connectivity index (χ2n) is 5.70. The van der Waals surface area contributed by atoms with Gasteiger partial charge in [-0.05, 0) is 31.5 Å². The van der Waals surface area contributed by atoms with Crippen LogP contribution in [0.4, 0.5) is 4.79 Å². The summed E-state index contributed by atoms with van der Waals surface area (Å²) in [6.45, 7) is 3.26. The molecule has 1 atom stereocenters. The van der Waals surface area contributed by atoms with E-state index >= 15 is 0 Å². The van der Waals surface area contributed by atoms with Crippen molar-refractivity contribution in [1.29, 1.82) is 0 Å². The van der Waals surface area contributed by atoms with Crippen LogP contribution in [-0.4, -0.2) is 32.5 Å². The van der Waals surface area contributed by atoms with Crippen LogP contribution in [0.1, 0.15) is 18.1 Å². The minimum atomic E-state index is -4.20. The molecule has 1 amide bonds. The number of carbonyl (C=O) groups excluding carboxylic acids is 2. The quantitative estimate of drug-likeness (QED) is 0.729. The van der Waals surface area contributed by atoms with Crippen LogP contribution in [0.3, 0.4) is 0 Å². The number of hydrogen-bond acceptors (Lipinski definition) is 6. The highest BCUT2D eigenvalue weighted by Gasteiger charge is 2.37. The maximum atomic E-state index is 12.8. The fraction of sp³-hybridized carbons (Fsp3) is 0.263. The number of hydrogen-bond donors (Lipinski definition) is 1. The Morgan fingerprint density at radius 2 is 1.63 bits per heavy atom. The molecule has 2 aromatic rings. The highest BCUT2D eigenvalue weighted by atomic mass is 32.2. The van der Waals surface area contributed by atoms with Crippen molar-refractivity contribution in [3.8, 4) is 0 Å². The van der Waals surface area contributed by atoms with Crippen LogP contribution in [0.25, 0.3) is 0 Å². The number of aryl methyl sites for hydroxylation is 1. The first-order chi connectivity index (χ1) is 12.8. The summed E-state index contributed by atoms with van der Waals surface area (Å²) in [5.41, 5.74) is 1.58. The molecule has 1 N–H and O–H groups in total. The topological polar surface area (TPSA) is 98.8 Å². The Morgan fingerprint density at radius 3 is 2.22 bits per heavy atom. The lowest BCUT2D eigenvalue weighted by molar-refractivity contribution is -0.143. The van der Waals surface area contributed by atoms with Crippen molar-refractivity contribution in [2.24, 2.45) is 0 Å². The Bertz CT molecular complexity index is 878. The van der Waals surface area contributed by atoms with Gasteiger partial charge in [-0.3, -0.25) is 5.32 Å². The van der Waals surface area contributed by atoms with Gasteiger partial charge in [0.15, 0.2) is 0 Å². The van der Waals surface area contributed by atoms with Gasteiger partial charge in [-0.15, -0.1) is 0 Å². The molecule has 0 saturated heterocycles. The summed E-state index contributed by atoms with van der Waals surface area (Å²) in [4.78, 5) is 24.1. The summed E-state index contributed by atoms with van der Waals surface area (Å²) in [6.07, 6.45) is -1.03. The van der Waals surface area contributed by atoms with Crippen molar-refractivity contribution in [2.75, 3.05) is 6.61 Å². The number of carbonyl (C=O) groups is 2. The van der Waals surface area contributed by atoms with Crippen molar-refractivity contribution in [2.45, 2.75) is 30.7 Å². The second kappa shape index (κ2) is 9.18. The summed E-state index contributed by atoms with van der Waals surface area (Å²) < 4.78 is 35.4. The van der Waals surface area contributed by atoms with Crippen LogP contribution in [0.15, 0.2) is 59.5 Å². The summed E-state index contributed by atoms with van der Waals surface area (Å²) in [5, 5.41) is 0.202. The molecule has 1 unspecified atom stereocenters. The Labute approximate surface area is 158 Å². The smallest absolute Gasteiger partial charge is 0.408 e. The molecule has 144 valence electrons. The van der Waals surface area contributed by atoms with Crippen LogP contribution >= 0.6 is 0 Å². The van der Waals surface area contributed by atoms with Gasteiger partial charge in [0.25, 0.3) is 0 Å². The Hall–Kier alpha value is -2.87. The largest absolute Gasteiger partial charge is 0.464 e. The third-order valence-corrected chi connectivity index (χ3v) is 5.48. The summed E-state index contributed by atoms with van der Waals surface area (Å²) in [5.74, 6) is -1.07. The molecule has 8 heteroatoms. The molecule has 27 heavy (non-hydrogen) atoms. The minimum absolute atomic E-state index is 0.0283. The van der Waals surface area contributed by atoms with Gasteiger partial charge in [0.2, 0.25) is 15.2 Å². The monoisotopic (exact) mass is 391 g/mol.